The molecule has 0 aliphatic rings. The van der Waals surface area contributed by atoms with Crippen molar-refractivity contribution >= 4 is 27.8 Å². The molecule has 0 fully saturated rings. The van der Waals surface area contributed by atoms with Crippen molar-refractivity contribution < 1.29 is 24.0 Å². The molecule has 0 unspecified atom stereocenters. The molecule has 7 heteroatoms. The van der Waals surface area contributed by atoms with Gasteiger partial charge in [-0.15, -0.1) is 0 Å². The van der Waals surface area contributed by atoms with E-state index in [-0.39, 0.29) is 5.69 Å². The number of fused-ring (bicyclic) bond motifs is 3. The van der Waals surface area contributed by atoms with E-state index in [0.717, 1.165) is 27.4 Å². The number of carbonyl (C=O) groups is 1. The van der Waals surface area contributed by atoms with E-state index in [0.29, 0.717) is 23.7 Å². The lowest BCUT2D eigenvalue weighted by Crippen LogP contribution is -2.11. The van der Waals surface area contributed by atoms with Gasteiger partial charge < -0.3 is 14.0 Å². The molecule has 0 amide bonds. The van der Waals surface area contributed by atoms with Crippen LogP contribution in [0.5, 0.6) is 11.5 Å². The molecule has 0 saturated carbocycles. The quantitative estimate of drug-likeness (QED) is 0.344. The first-order valence-electron chi connectivity index (χ1n) is 9.53. The van der Waals surface area contributed by atoms with Crippen LogP contribution < -0.4 is 9.47 Å². The summed E-state index contributed by atoms with van der Waals surface area (Å²) in [6.07, 6.45) is 0. The van der Waals surface area contributed by atoms with Crippen LogP contribution in [0, 0.1) is 0 Å². The number of hydrogen-bond acceptors (Lipinski definition) is 6. The van der Waals surface area contributed by atoms with Gasteiger partial charge in [0, 0.05) is 12.1 Å². The average molecular weight is 406 g/mol. The van der Waals surface area contributed by atoms with E-state index in [1.807, 2.05) is 48.5 Å². The molecule has 0 aliphatic heterocycles. The minimum atomic E-state index is -0.735. The predicted octanol–water partition coefficient (Wildman–Crippen LogP) is 4.61. The lowest BCUT2D eigenvalue weighted by molar-refractivity contribution is -0.216. The van der Waals surface area contributed by atoms with Crippen LogP contribution in [0.4, 0.5) is 0 Å². The smallest absolute Gasteiger partial charge is 0.395 e. The molecule has 0 radical (unpaired) electrons. The summed E-state index contributed by atoms with van der Waals surface area (Å²) in [5.74, 6) is 0.258. The fourth-order valence-electron chi connectivity index (χ4n) is 3.92. The highest BCUT2D eigenvalue weighted by molar-refractivity contribution is 6.19. The Balaban J connectivity index is 2.27. The van der Waals surface area contributed by atoms with Crippen molar-refractivity contribution in [3.8, 4) is 22.8 Å². The van der Waals surface area contributed by atoms with Crippen molar-refractivity contribution in [3.63, 3.8) is 0 Å². The molecule has 0 bridgehead atoms. The van der Waals surface area contributed by atoms with Gasteiger partial charge in [0.25, 0.3) is 0 Å². The van der Waals surface area contributed by atoms with Crippen LogP contribution in [0.2, 0.25) is 0 Å². The van der Waals surface area contributed by atoms with Crippen LogP contribution >= 0.6 is 0 Å². The van der Waals surface area contributed by atoms with E-state index in [9.17, 15) is 4.79 Å². The third kappa shape index (κ3) is 2.95. The summed E-state index contributed by atoms with van der Waals surface area (Å²) in [5.41, 5.74) is 3.37. The van der Waals surface area contributed by atoms with Gasteiger partial charge in [0.15, 0.2) is 11.4 Å². The number of rotatable bonds is 6. The van der Waals surface area contributed by atoms with Gasteiger partial charge in [-0.2, -0.15) is 4.89 Å². The van der Waals surface area contributed by atoms with Crippen molar-refractivity contribution in [2.24, 2.45) is 0 Å². The highest BCUT2D eigenvalue weighted by Crippen LogP contribution is 2.45. The Morgan fingerprint density at radius 3 is 2.37 bits per heavy atom. The molecule has 0 spiro atoms. The zero-order valence-corrected chi connectivity index (χ0v) is 17.3. The van der Waals surface area contributed by atoms with Gasteiger partial charge in [0.2, 0.25) is 0 Å². The molecule has 4 rings (SSSR count). The lowest BCUT2D eigenvalue weighted by atomic mass is 10.0. The normalized spacial score (nSPS) is 11.1. The Labute approximate surface area is 173 Å². The van der Waals surface area contributed by atoms with Gasteiger partial charge in [-0.25, -0.2) is 9.78 Å². The fourth-order valence-corrected chi connectivity index (χ4v) is 3.92. The highest BCUT2D eigenvalue weighted by Gasteiger charge is 2.28. The monoisotopic (exact) mass is 406 g/mol. The molecule has 30 heavy (non-hydrogen) atoms. The van der Waals surface area contributed by atoms with Crippen LogP contribution in [0.1, 0.15) is 17.4 Å². The van der Waals surface area contributed by atoms with Crippen LogP contribution in [-0.2, 0) is 16.3 Å². The van der Waals surface area contributed by atoms with E-state index < -0.39 is 5.97 Å². The molecule has 154 valence electrons. The minimum absolute atomic E-state index is 0.0340. The van der Waals surface area contributed by atoms with Crippen LogP contribution in [0.3, 0.4) is 0 Å². The first kappa shape index (κ1) is 19.7. The Hall–Kier alpha value is -3.58. The number of pyridine rings is 1. The minimum Gasteiger partial charge on any atom is -0.496 e. The molecule has 0 atom stereocenters. The maximum absolute atomic E-state index is 12.7. The summed E-state index contributed by atoms with van der Waals surface area (Å²) in [7, 11) is 4.40. The Bertz CT molecular complexity index is 1230. The van der Waals surface area contributed by atoms with Gasteiger partial charge in [0.1, 0.15) is 5.75 Å². The van der Waals surface area contributed by atoms with E-state index in [1.54, 1.807) is 7.11 Å². The van der Waals surface area contributed by atoms with Crippen molar-refractivity contribution in [2.75, 3.05) is 21.3 Å². The first-order chi connectivity index (χ1) is 14.7. The van der Waals surface area contributed by atoms with Crippen LogP contribution in [-0.4, -0.2) is 36.8 Å². The molecule has 2 aromatic heterocycles. The number of aromatic nitrogens is 2. The van der Waals surface area contributed by atoms with Gasteiger partial charge >= 0.3 is 5.97 Å². The zero-order chi connectivity index (χ0) is 21.3. The molecular weight excluding hydrogens is 384 g/mol. The SMILES string of the molecule is CCn1c2cccc(OC)c2c2c(OC)c(C(=O)OOC)nc(-c3ccccc3)c21. The number of nitrogens with zero attached hydrogens (tertiary/aromatic N) is 2. The third-order valence-electron chi connectivity index (χ3n) is 5.08. The second kappa shape index (κ2) is 8.04. The standard InChI is InChI=1S/C23H22N2O5/c1-5-25-15-12-9-13-16(27-2)17(15)18-21(25)19(14-10-7-6-8-11-14)24-20(22(18)28-3)23(26)30-29-4/h6-13H,5H2,1-4H3. The summed E-state index contributed by atoms with van der Waals surface area (Å²) in [4.78, 5) is 26.8. The number of hydrogen-bond donors (Lipinski definition) is 0. The summed E-state index contributed by atoms with van der Waals surface area (Å²) in [5, 5.41) is 1.59. The van der Waals surface area contributed by atoms with Crippen molar-refractivity contribution in [3.05, 3.63) is 54.2 Å². The lowest BCUT2D eigenvalue weighted by Gasteiger charge is -2.13. The number of ether oxygens (including phenoxy) is 2. The van der Waals surface area contributed by atoms with E-state index in [1.165, 1.54) is 14.2 Å². The zero-order valence-electron chi connectivity index (χ0n) is 17.3. The van der Waals surface area contributed by atoms with E-state index in [4.69, 9.17) is 14.4 Å². The molecule has 7 nitrogen and oxygen atoms in total. The van der Waals surface area contributed by atoms with Gasteiger partial charge in [0.05, 0.1) is 48.8 Å². The highest BCUT2D eigenvalue weighted by atomic mass is 17.2. The molecule has 4 aromatic rings. The Kier molecular flexibility index (Phi) is 5.29. The maximum Gasteiger partial charge on any atom is 0.395 e. The molecule has 0 saturated heterocycles. The predicted molar refractivity (Wildman–Crippen MR) is 114 cm³/mol. The van der Waals surface area contributed by atoms with Gasteiger partial charge in [-0.05, 0) is 19.1 Å². The van der Waals surface area contributed by atoms with Crippen molar-refractivity contribution in [1.29, 1.82) is 0 Å². The van der Waals surface area contributed by atoms with E-state index >= 15 is 0 Å². The number of methoxy groups -OCH3 is 2. The van der Waals surface area contributed by atoms with Crippen molar-refractivity contribution in [1.82, 2.24) is 9.55 Å². The summed E-state index contributed by atoms with van der Waals surface area (Å²) in [6.45, 7) is 2.76. The first-order valence-corrected chi connectivity index (χ1v) is 9.53. The topological polar surface area (TPSA) is 71.8 Å². The molecule has 0 N–H and O–H groups in total. The maximum atomic E-state index is 12.7. The number of benzene rings is 2. The van der Waals surface area contributed by atoms with Gasteiger partial charge in [-0.3, -0.25) is 4.89 Å². The fraction of sp³-hybridized carbons (Fsp3) is 0.217. The molecular formula is C23H22N2O5. The van der Waals surface area contributed by atoms with Crippen LogP contribution in [0.25, 0.3) is 33.1 Å². The third-order valence-corrected chi connectivity index (χ3v) is 5.08. The number of carbonyl (C=O) groups excluding carboxylic acids is 1. The number of aryl methyl sites for hydroxylation is 1. The molecule has 2 aromatic carbocycles. The average Bonchev–Trinajstić information content (AvgIpc) is 3.13. The Morgan fingerprint density at radius 1 is 0.967 bits per heavy atom. The summed E-state index contributed by atoms with van der Waals surface area (Å²) in [6, 6.07) is 15.5. The largest absolute Gasteiger partial charge is 0.496 e. The summed E-state index contributed by atoms with van der Waals surface area (Å²) < 4.78 is 13.5. The second-order valence-corrected chi connectivity index (χ2v) is 6.57. The van der Waals surface area contributed by atoms with Crippen LogP contribution in [0.15, 0.2) is 48.5 Å². The molecule has 0 aliphatic carbocycles. The second-order valence-electron chi connectivity index (χ2n) is 6.57. The summed E-state index contributed by atoms with van der Waals surface area (Å²) >= 11 is 0. The van der Waals surface area contributed by atoms with E-state index in [2.05, 4.69) is 21.4 Å². The molecule has 2 heterocycles. The van der Waals surface area contributed by atoms with Crippen molar-refractivity contribution in [2.45, 2.75) is 13.5 Å². The van der Waals surface area contributed by atoms with Gasteiger partial charge in [-0.1, -0.05) is 36.4 Å². The Morgan fingerprint density at radius 2 is 1.73 bits per heavy atom.